The van der Waals surface area contributed by atoms with Crippen molar-refractivity contribution in [2.75, 3.05) is 11.5 Å². The predicted molar refractivity (Wildman–Crippen MR) is 92.0 cm³/mol. The number of hydrogen-bond acceptors (Lipinski definition) is 3. The van der Waals surface area contributed by atoms with Crippen LogP contribution in [0.3, 0.4) is 0 Å². The van der Waals surface area contributed by atoms with Crippen molar-refractivity contribution in [1.29, 1.82) is 0 Å². The predicted octanol–water partition coefficient (Wildman–Crippen LogP) is 4.58. The Labute approximate surface area is 136 Å². The highest BCUT2D eigenvalue weighted by Gasteiger charge is 2.09. The van der Waals surface area contributed by atoms with Gasteiger partial charge in [-0.1, -0.05) is 64.7 Å². The minimum absolute atomic E-state index is 0.274. The van der Waals surface area contributed by atoms with E-state index in [4.69, 9.17) is 5.11 Å². The average molecular weight is 335 g/mol. The molecule has 22 heavy (non-hydrogen) atoms. The first kappa shape index (κ1) is 21.4. The second kappa shape index (κ2) is 14.0. The van der Waals surface area contributed by atoms with Crippen molar-refractivity contribution < 1.29 is 18.3 Å². The summed E-state index contributed by atoms with van der Waals surface area (Å²) in [5.74, 6) is -0.00943. The Morgan fingerprint density at radius 2 is 1.14 bits per heavy atom. The zero-order valence-electron chi connectivity index (χ0n) is 14.2. The summed E-state index contributed by atoms with van der Waals surface area (Å²) < 4.78 is 23.6. The SMILES string of the molecule is CCCCCCS(=O)(=O)CCCCCCCCCCC(=O)O. The Morgan fingerprint density at radius 3 is 1.59 bits per heavy atom. The maximum atomic E-state index is 11.8. The third-order valence-corrected chi connectivity index (χ3v) is 5.73. The quantitative estimate of drug-likeness (QED) is 0.419. The number of aliphatic carboxylic acids is 1. The summed E-state index contributed by atoms with van der Waals surface area (Å²) in [6, 6.07) is 0. The van der Waals surface area contributed by atoms with Crippen LogP contribution in [0.5, 0.6) is 0 Å². The first-order valence-electron chi connectivity index (χ1n) is 8.90. The monoisotopic (exact) mass is 334 g/mol. The standard InChI is InChI=1S/C17H34O4S/c1-2-3-4-12-15-22(20,21)16-13-10-8-6-5-7-9-11-14-17(18)19/h2-16H2,1H3,(H,18,19). The van der Waals surface area contributed by atoms with Crippen LogP contribution in [0.2, 0.25) is 0 Å². The molecule has 0 fully saturated rings. The molecule has 0 amide bonds. The number of rotatable bonds is 16. The number of carbonyl (C=O) groups is 1. The molecule has 0 saturated heterocycles. The van der Waals surface area contributed by atoms with Gasteiger partial charge in [-0.3, -0.25) is 4.79 Å². The van der Waals surface area contributed by atoms with E-state index in [0.717, 1.165) is 77.0 Å². The first-order chi connectivity index (χ1) is 10.5. The van der Waals surface area contributed by atoms with Crippen molar-refractivity contribution in [2.24, 2.45) is 0 Å². The number of unbranched alkanes of at least 4 members (excludes halogenated alkanes) is 10. The summed E-state index contributed by atoms with van der Waals surface area (Å²) in [7, 11) is -2.83. The van der Waals surface area contributed by atoms with Gasteiger partial charge in [-0.2, -0.15) is 0 Å². The fourth-order valence-electron chi connectivity index (χ4n) is 2.51. The molecule has 0 heterocycles. The third-order valence-electron chi connectivity index (χ3n) is 3.90. The topological polar surface area (TPSA) is 71.4 Å². The maximum absolute atomic E-state index is 11.8. The normalized spacial score (nSPS) is 11.7. The minimum atomic E-state index is -2.83. The van der Waals surface area contributed by atoms with Crippen LogP contribution in [0.1, 0.15) is 90.4 Å². The molecule has 0 spiro atoms. The molecule has 0 aromatic carbocycles. The van der Waals surface area contributed by atoms with Crippen LogP contribution in [0, 0.1) is 0 Å². The molecule has 0 bridgehead atoms. The fraction of sp³-hybridized carbons (Fsp3) is 0.941. The summed E-state index contributed by atoms with van der Waals surface area (Å²) in [6.07, 6.45) is 12.3. The van der Waals surface area contributed by atoms with Crippen LogP contribution in [0.25, 0.3) is 0 Å². The molecule has 0 aromatic rings. The van der Waals surface area contributed by atoms with E-state index in [1.807, 2.05) is 0 Å². The van der Waals surface area contributed by atoms with Crippen molar-refractivity contribution in [3.63, 3.8) is 0 Å². The van der Waals surface area contributed by atoms with Gasteiger partial charge < -0.3 is 5.11 Å². The highest BCUT2D eigenvalue weighted by Crippen LogP contribution is 2.11. The summed E-state index contributed by atoms with van der Waals surface area (Å²) >= 11 is 0. The molecule has 0 unspecified atom stereocenters. The van der Waals surface area contributed by atoms with Gasteiger partial charge in [-0.25, -0.2) is 8.42 Å². The van der Waals surface area contributed by atoms with Gasteiger partial charge >= 0.3 is 5.97 Å². The molecular formula is C17H34O4S. The zero-order valence-corrected chi connectivity index (χ0v) is 15.0. The van der Waals surface area contributed by atoms with Crippen molar-refractivity contribution in [3.8, 4) is 0 Å². The number of carboxylic acids is 1. The van der Waals surface area contributed by atoms with Gasteiger partial charge in [0.25, 0.3) is 0 Å². The van der Waals surface area contributed by atoms with E-state index >= 15 is 0 Å². The van der Waals surface area contributed by atoms with E-state index < -0.39 is 15.8 Å². The highest BCUT2D eigenvalue weighted by atomic mass is 32.2. The molecule has 0 radical (unpaired) electrons. The van der Waals surface area contributed by atoms with Crippen molar-refractivity contribution in [3.05, 3.63) is 0 Å². The minimum Gasteiger partial charge on any atom is -0.481 e. The van der Waals surface area contributed by atoms with E-state index in [9.17, 15) is 13.2 Å². The van der Waals surface area contributed by atoms with E-state index in [1.165, 1.54) is 0 Å². The van der Waals surface area contributed by atoms with Gasteiger partial charge in [0.1, 0.15) is 9.84 Å². The van der Waals surface area contributed by atoms with Crippen molar-refractivity contribution in [1.82, 2.24) is 0 Å². The molecule has 1 N–H and O–H groups in total. The summed E-state index contributed by atoms with van der Waals surface area (Å²) in [5, 5.41) is 8.51. The van der Waals surface area contributed by atoms with E-state index in [1.54, 1.807) is 0 Å². The van der Waals surface area contributed by atoms with Gasteiger partial charge in [0.15, 0.2) is 0 Å². The van der Waals surface area contributed by atoms with Crippen LogP contribution >= 0.6 is 0 Å². The molecule has 0 aliphatic heterocycles. The second-order valence-corrected chi connectivity index (χ2v) is 8.49. The molecule has 0 aliphatic rings. The molecule has 0 aliphatic carbocycles. The van der Waals surface area contributed by atoms with Gasteiger partial charge in [0, 0.05) is 6.42 Å². The average Bonchev–Trinajstić information content (AvgIpc) is 2.45. The van der Waals surface area contributed by atoms with E-state index in [0.29, 0.717) is 11.5 Å². The van der Waals surface area contributed by atoms with Gasteiger partial charge in [0.2, 0.25) is 0 Å². The molecule has 5 heteroatoms. The molecule has 0 saturated carbocycles. The van der Waals surface area contributed by atoms with Crippen LogP contribution in [-0.2, 0) is 14.6 Å². The fourth-order valence-corrected chi connectivity index (χ4v) is 4.00. The zero-order chi connectivity index (χ0) is 16.7. The summed E-state index contributed by atoms with van der Waals surface area (Å²) in [6.45, 7) is 2.13. The molecule has 0 aromatic heterocycles. The second-order valence-electron chi connectivity index (χ2n) is 6.18. The van der Waals surface area contributed by atoms with Crippen molar-refractivity contribution >= 4 is 15.8 Å². The summed E-state index contributed by atoms with van der Waals surface area (Å²) in [4.78, 5) is 10.3. The van der Waals surface area contributed by atoms with Crippen LogP contribution < -0.4 is 0 Å². The Morgan fingerprint density at radius 1 is 0.727 bits per heavy atom. The van der Waals surface area contributed by atoms with Gasteiger partial charge in [-0.05, 0) is 19.3 Å². The lowest BCUT2D eigenvalue weighted by Crippen LogP contribution is -2.11. The highest BCUT2D eigenvalue weighted by molar-refractivity contribution is 7.91. The van der Waals surface area contributed by atoms with E-state index in [-0.39, 0.29) is 6.42 Å². The molecular weight excluding hydrogens is 300 g/mol. The molecule has 0 rings (SSSR count). The Bertz CT molecular complexity index is 363. The van der Waals surface area contributed by atoms with Crippen molar-refractivity contribution in [2.45, 2.75) is 90.4 Å². The molecule has 0 atom stereocenters. The van der Waals surface area contributed by atoms with Crippen LogP contribution in [0.15, 0.2) is 0 Å². The van der Waals surface area contributed by atoms with Gasteiger partial charge in [-0.15, -0.1) is 0 Å². The maximum Gasteiger partial charge on any atom is 0.303 e. The number of carboxylic acid groups (broad SMARTS) is 1. The Kier molecular flexibility index (Phi) is 13.7. The largest absolute Gasteiger partial charge is 0.481 e. The Hall–Kier alpha value is -0.580. The third kappa shape index (κ3) is 15.8. The van der Waals surface area contributed by atoms with Crippen LogP contribution in [-0.4, -0.2) is 31.0 Å². The first-order valence-corrected chi connectivity index (χ1v) is 10.7. The smallest absolute Gasteiger partial charge is 0.303 e. The van der Waals surface area contributed by atoms with Crippen LogP contribution in [0.4, 0.5) is 0 Å². The lowest BCUT2D eigenvalue weighted by molar-refractivity contribution is -0.137. The van der Waals surface area contributed by atoms with Gasteiger partial charge in [0.05, 0.1) is 11.5 Å². The van der Waals surface area contributed by atoms with E-state index in [2.05, 4.69) is 6.92 Å². The number of sulfone groups is 1. The molecule has 132 valence electrons. The molecule has 4 nitrogen and oxygen atoms in total. The number of hydrogen-bond donors (Lipinski definition) is 1. The Balaban J connectivity index is 3.35. The lowest BCUT2D eigenvalue weighted by Gasteiger charge is -2.05. The lowest BCUT2D eigenvalue weighted by atomic mass is 10.1. The summed E-state index contributed by atoms with van der Waals surface area (Å²) in [5.41, 5.74) is 0.